The standard InChI is InChI=1S/C19H16ClFN4O4S/c1-12-3-6-14(7-4-12)30(26,27)25-23-10-13-5-8-16(17(9-13)28-2)29-18-15(21)11-22-19(20)24-18/h3-11,25H,1-2H3/b23-10+. The fourth-order valence-electron chi connectivity index (χ4n) is 2.30. The molecule has 0 aliphatic carbocycles. The maximum atomic E-state index is 13.8. The Kier molecular flexibility index (Phi) is 6.48. The van der Waals surface area contributed by atoms with Gasteiger partial charge in [0.2, 0.25) is 11.1 Å². The van der Waals surface area contributed by atoms with Crippen LogP contribution in [0.5, 0.6) is 17.4 Å². The SMILES string of the molecule is COc1cc(/C=N/NS(=O)(=O)c2ccc(C)cc2)ccc1Oc1nc(Cl)ncc1F. The van der Waals surface area contributed by atoms with Gasteiger partial charge in [0, 0.05) is 0 Å². The van der Waals surface area contributed by atoms with E-state index in [0.717, 1.165) is 11.8 Å². The van der Waals surface area contributed by atoms with E-state index in [2.05, 4.69) is 19.9 Å². The van der Waals surface area contributed by atoms with E-state index in [0.29, 0.717) is 5.56 Å². The molecule has 0 unspecified atom stereocenters. The molecule has 156 valence electrons. The lowest BCUT2D eigenvalue weighted by Gasteiger charge is -2.10. The Balaban J connectivity index is 1.76. The number of aryl methyl sites for hydroxylation is 1. The van der Waals surface area contributed by atoms with Crippen LogP contribution >= 0.6 is 11.6 Å². The van der Waals surface area contributed by atoms with E-state index in [1.807, 2.05) is 6.92 Å². The number of ether oxygens (including phenoxy) is 2. The molecule has 2 aromatic carbocycles. The molecule has 0 saturated carbocycles. The maximum Gasteiger partial charge on any atom is 0.276 e. The smallest absolute Gasteiger partial charge is 0.276 e. The Hall–Kier alpha value is -3.24. The first-order valence-corrected chi connectivity index (χ1v) is 10.3. The van der Waals surface area contributed by atoms with Gasteiger partial charge in [0.25, 0.3) is 15.9 Å². The molecule has 0 aliphatic rings. The minimum atomic E-state index is -3.79. The highest BCUT2D eigenvalue weighted by molar-refractivity contribution is 7.89. The lowest BCUT2D eigenvalue weighted by atomic mass is 10.2. The molecule has 3 aromatic rings. The van der Waals surface area contributed by atoms with E-state index in [1.54, 1.807) is 18.2 Å². The Labute approximate surface area is 177 Å². The minimum absolute atomic E-state index is 0.0946. The van der Waals surface area contributed by atoms with Gasteiger partial charge in [0.1, 0.15) is 0 Å². The van der Waals surface area contributed by atoms with Gasteiger partial charge in [-0.3, -0.25) is 0 Å². The monoisotopic (exact) mass is 450 g/mol. The third-order valence-corrected chi connectivity index (χ3v) is 5.22. The number of hydrazone groups is 1. The number of hydrogen-bond donors (Lipinski definition) is 1. The topological polar surface area (TPSA) is 103 Å². The van der Waals surface area contributed by atoms with Crippen LogP contribution in [-0.2, 0) is 10.0 Å². The summed E-state index contributed by atoms with van der Waals surface area (Å²) in [4.78, 5) is 9.42. The summed E-state index contributed by atoms with van der Waals surface area (Å²) in [6, 6.07) is 10.9. The highest BCUT2D eigenvalue weighted by Gasteiger charge is 2.14. The summed E-state index contributed by atoms with van der Waals surface area (Å²) in [5.41, 5.74) is 1.45. The second-order valence-electron chi connectivity index (χ2n) is 5.97. The van der Waals surface area contributed by atoms with Crippen molar-refractivity contribution in [3.63, 3.8) is 0 Å². The normalized spacial score (nSPS) is 11.5. The molecule has 0 radical (unpaired) electrons. The number of sulfonamides is 1. The van der Waals surface area contributed by atoms with Gasteiger partial charge >= 0.3 is 0 Å². The zero-order chi connectivity index (χ0) is 21.7. The van der Waals surface area contributed by atoms with Gasteiger partial charge in [-0.15, -0.1) is 0 Å². The second kappa shape index (κ2) is 9.06. The van der Waals surface area contributed by atoms with Gasteiger partial charge in [-0.05, 0) is 54.4 Å². The molecule has 0 saturated heterocycles. The number of nitrogens with one attached hydrogen (secondary N) is 1. The Bertz CT molecular complexity index is 1190. The molecule has 1 heterocycles. The fraction of sp³-hybridized carbons (Fsp3) is 0.105. The van der Waals surface area contributed by atoms with Crippen LogP contribution in [0.4, 0.5) is 4.39 Å². The van der Waals surface area contributed by atoms with Crippen molar-refractivity contribution in [2.45, 2.75) is 11.8 Å². The lowest BCUT2D eigenvalue weighted by Crippen LogP contribution is -2.18. The first-order chi connectivity index (χ1) is 14.3. The van der Waals surface area contributed by atoms with Crippen molar-refractivity contribution in [1.82, 2.24) is 14.8 Å². The third kappa shape index (κ3) is 5.22. The van der Waals surface area contributed by atoms with Crippen LogP contribution < -0.4 is 14.3 Å². The average molecular weight is 451 g/mol. The predicted molar refractivity (Wildman–Crippen MR) is 109 cm³/mol. The molecule has 0 bridgehead atoms. The zero-order valence-electron chi connectivity index (χ0n) is 15.8. The van der Waals surface area contributed by atoms with Gasteiger partial charge in [-0.25, -0.2) is 9.82 Å². The van der Waals surface area contributed by atoms with Crippen molar-refractivity contribution in [2.24, 2.45) is 5.10 Å². The number of benzene rings is 2. The number of methoxy groups -OCH3 is 1. The molecule has 0 spiro atoms. The van der Waals surface area contributed by atoms with Crippen molar-refractivity contribution in [1.29, 1.82) is 0 Å². The van der Waals surface area contributed by atoms with Gasteiger partial charge in [-0.1, -0.05) is 17.7 Å². The Morgan fingerprint density at radius 1 is 1.17 bits per heavy atom. The van der Waals surface area contributed by atoms with E-state index in [-0.39, 0.29) is 27.6 Å². The van der Waals surface area contributed by atoms with Crippen molar-refractivity contribution in [2.75, 3.05) is 7.11 Å². The number of halogens is 2. The van der Waals surface area contributed by atoms with E-state index in [1.165, 1.54) is 37.6 Å². The molecular weight excluding hydrogens is 435 g/mol. The van der Waals surface area contributed by atoms with E-state index >= 15 is 0 Å². The minimum Gasteiger partial charge on any atom is -0.493 e. The molecule has 8 nitrogen and oxygen atoms in total. The van der Waals surface area contributed by atoms with Crippen molar-refractivity contribution >= 4 is 27.8 Å². The molecule has 0 fully saturated rings. The highest BCUT2D eigenvalue weighted by Crippen LogP contribution is 2.32. The number of aromatic nitrogens is 2. The molecule has 11 heteroatoms. The largest absolute Gasteiger partial charge is 0.493 e. The lowest BCUT2D eigenvalue weighted by molar-refractivity contribution is 0.363. The van der Waals surface area contributed by atoms with Crippen LogP contribution in [0.25, 0.3) is 0 Å². The predicted octanol–water partition coefficient (Wildman–Crippen LogP) is 3.69. The van der Waals surface area contributed by atoms with E-state index in [9.17, 15) is 12.8 Å². The van der Waals surface area contributed by atoms with Crippen LogP contribution in [0.2, 0.25) is 5.28 Å². The number of rotatable bonds is 7. The average Bonchev–Trinajstić information content (AvgIpc) is 2.72. The third-order valence-electron chi connectivity index (χ3n) is 3.79. The van der Waals surface area contributed by atoms with Crippen molar-refractivity contribution < 1.29 is 22.3 Å². The second-order valence-corrected chi connectivity index (χ2v) is 7.97. The summed E-state index contributed by atoms with van der Waals surface area (Å²) in [6.45, 7) is 1.86. The van der Waals surface area contributed by atoms with Crippen molar-refractivity contribution in [3.05, 3.63) is 70.9 Å². The molecule has 0 atom stereocenters. The van der Waals surface area contributed by atoms with Gasteiger partial charge < -0.3 is 9.47 Å². The van der Waals surface area contributed by atoms with Crippen LogP contribution in [0.1, 0.15) is 11.1 Å². The first kappa shape index (κ1) is 21.5. The molecule has 0 aliphatic heterocycles. The maximum absolute atomic E-state index is 13.8. The van der Waals surface area contributed by atoms with Crippen LogP contribution in [0.15, 0.2) is 58.7 Å². The molecule has 0 amide bonds. The number of hydrogen-bond acceptors (Lipinski definition) is 7. The quantitative estimate of drug-likeness (QED) is 0.334. The summed E-state index contributed by atoms with van der Waals surface area (Å²) in [7, 11) is -2.40. The van der Waals surface area contributed by atoms with Crippen LogP contribution in [-0.4, -0.2) is 31.7 Å². The summed E-state index contributed by atoms with van der Waals surface area (Å²) in [6.07, 6.45) is 2.18. The molecular formula is C19H16ClFN4O4S. The summed E-state index contributed by atoms with van der Waals surface area (Å²) in [5, 5.41) is 3.60. The summed E-state index contributed by atoms with van der Waals surface area (Å²) in [5.74, 6) is -0.740. The summed E-state index contributed by atoms with van der Waals surface area (Å²) >= 11 is 5.65. The van der Waals surface area contributed by atoms with Gasteiger partial charge in [0.15, 0.2) is 11.5 Å². The van der Waals surface area contributed by atoms with E-state index in [4.69, 9.17) is 21.1 Å². The Morgan fingerprint density at radius 3 is 2.60 bits per heavy atom. The molecule has 1 aromatic heterocycles. The molecule has 3 rings (SSSR count). The van der Waals surface area contributed by atoms with E-state index < -0.39 is 15.8 Å². The molecule has 1 N–H and O–H groups in total. The first-order valence-electron chi connectivity index (χ1n) is 8.44. The molecule has 30 heavy (non-hydrogen) atoms. The van der Waals surface area contributed by atoms with Crippen LogP contribution in [0, 0.1) is 12.7 Å². The van der Waals surface area contributed by atoms with Gasteiger partial charge in [-0.2, -0.15) is 22.9 Å². The number of nitrogens with zero attached hydrogens (tertiary/aromatic N) is 3. The van der Waals surface area contributed by atoms with Crippen molar-refractivity contribution in [3.8, 4) is 17.4 Å². The zero-order valence-corrected chi connectivity index (χ0v) is 17.4. The Morgan fingerprint density at radius 2 is 1.90 bits per heavy atom. The van der Waals surface area contributed by atoms with Crippen LogP contribution in [0.3, 0.4) is 0 Å². The van der Waals surface area contributed by atoms with Gasteiger partial charge in [0.05, 0.1) is 24.4 Å². The summed E-state index contributed by atoms with van der Waals surface area (Å²) < 4.78 is 48.9. The highest BCUT2D eigenvalue weighted by atomic mass is 35.5. The fourth-order valence-corrected chi connectivity index (χ4v) is 3.21.